The molecule has 1 aliphatic heterocycles. The molecule has 2 nitrogen and oxygen atoms in total. The van der Waals surface area contributed by atoms with Gasteiger partial charge in [-0.1, -0.05) is 29.8 Å². The Morgan fingerprint density at radius 1 is 1.19 bits per heavy atom. The summed E-state index contributed by atoms with van der Waals surface area (Å²) in [6.45, 7) is 4.89. The molecular formula is C18H18BrNO. The molecule has 0 aliphatic carbocycles. The first-order valence-corrected chi connectivity index (χ1v) is 8.04. The number of fused-ring (bicyclic) bond motifs is 1. The minimum Gasteiger partial charge on any atom is -0.308 e. The van der Waals surface area contributed by atoms with Crippen molar-refractivity contribution in [2.24, 2.45) is 0 Å². The quantitative estimate of drug-likeness (QED) is 0.737. The van der Waals surface area contributed by atoms with Crippen molar-refractivity contribution < 1.29 is 4.79 Å². The SMILES string of the molecule is Cc1ccc2c(c1)CCCN2C(=O)c1cccc(C)c1Br. The average molecular weight is 344 g/mol. The van der Waals surface area contributed by atoms with E-state index in [9.17, 15) is 4.79 Å². The summed E-state index contributed by atoms with van der Waals surface area (Å²) in [6, 6.07) is 12.2. The summed E-state index contributed by atoms with van der Waals surface area (Å²) < 4.78 is 0.897. The Morgan fingerprint density at radius 3 is 2.81 bits per heavy atom. The molecule has 0 saturated heterocycles. The Morgan fingerprint density at radius 2 is 2.00 bits per heavy atom. The highest BCUT2D eigenvalue weighted by Crippen LogP contribution is 2.31. The van der Waals surface area contributed by atoms with Gasteiger partial charge >= 0.3 is 0 Å². The zero-order chi connectivity index (χ0) is 15.0. The first-order chi connectivity index (χ1) is 10.1. The van der Waals surface area contributed by atoms with Gasteiger partial charge in [-0.2, -0.15) is 0 Å². The zero-order valence-corrected chi connectivity index (χ0v) is 13.9. The van der Waals surface area contributed by atoms with E-state index in [1.54, 1.807) is 0 Å². The van der Waals surface area contributed by atoms with Gasteiger partial charge in [0.25, 0.3) is 5.91 Å². The number of carbonyl (C=O) groups excluding carboxylic acids is 1. The number of hydrogen-bond donors (Lipinski definition) is 0. The molecule has 0 radical (unpaired) electrons. The van der Waals surface area contributed by atoms with E-state index in [-0.39, 0.29) is 5.91 Å². The van der Waals surface area contributed by atoms with Crippen molar-refractivity contribution in [2.75, 3.05) is 11.4 Å². The number of amides is 1. The minimum atomic E-state index is 0.0791. The molecule has 108 valence electrons. The van der Waals surface area contributed by atoms with Gasteiger partial charge in [-0.05, 0) is 65.9 Å². The van der Waals surface area contributed by atoms with Gasteiger partial charge in [-0.3, -0.25) is 4.79 Å². The molecular weight excluding hydrogens is 326 g/mol. The fourth-order valence-corrected chi connectivity index (χ4v) is 3.33. The van der Waals surface area contributed by atoms with E-state index in [0.29, 0.717) is 0 Å². The number of aryl methyl sites for hydroxylation is 3. The molecule has 0 unspecified atom stereocenters. The third-order valence-electron chi connectivity index (χ3n) is 4.02. The first-order valence-electron chi connectivity index (χ1n) is 7.24. The van der Waals surface area contributed by atoms with E-state index in [1.807, 2.05) is 30.0 Å². The van der Waals surface area contributed by atoms with E-state index in [2.05, 4.69) is 41.1 Å². The Kier molecular flexibility index (Phi) is 3.85. The van der Waals surface area contributed by atoms with Gasteiger partial charge in [-0.25, -0.2) is 0 Å². The molecule has 1 amide bonds. The van der Waals surface area contributed by atoms with Gasteiger partial charge in [0.15, 0.2) is 0 Å². The number of halogens is 1. The molecule has 0 saturated carbocycles. The second-order valence-electron chi connectivity index (χ2n) is 5.63. The molecule has 3 rings (SSSR count). The Labute approximate surface area is 133 Å². The van der Waals surface area contributed by atoms with Crippen molar-refractivity contribution in [3.05, 3.63) is 63.1 Å². The molecule has 0 aromatic heterocycles. The summed E-state index contributed by atoms with van der Waals surface area (Å²) in [4.78, 5) is 14.8. The zero-order valence-electron chi connectivity index (χ0n) is 12.3. The van der Waals surface area contributed by atoms with Gasteiger partial charge in [0.1, 0.15) is 0 Å². The summed E-state index contributed by atoms with van der Waals surface area (Å²) in [7, 11) is 0. The van der Waals surface area contributed by atoms with Gasteiger partial charge in [-0.15, -0.1) is 0 Å². The van der Waals surface area contributed by atoms with Crippen molar-refractivity contribution >= 4 is 27.5 Å². The van der Waals surface area contributed by atoms with Crippen molar-refractivity contribution in [3.8, 4) is 0 Å². The highest BCUT2D eigenvalue weighted by atomic mass is 79.9. The predicted octanol–water partition coefficient (Wildman–Crippen LogP) is 4.66. The fraction of sp³-hybridized carbons (Fsp3) is 0.278. The lowest BCUT2D eigenvalue weighted by Gasteiger charge is -2.30. The van der Waals surface area contributed by atoms with Gasteiger partial charge in [0.05, 0.1) is 5.56 Å². The minimum absolute atomic E-state index is 0.0791. The van der Waals surface area contributed by atoms with E-state index in [4.69, 9.17) is 0 Å². The lowest BCUT2D eigenvalue weighted by atomic mass is 9.98. The molecule has 0 atom stereocenters. The van der Waals surface area contributed by atoms with Gasteiger partial charge in [0, 0.05) is 16.7 Å². The highest BCUT2D eigenvalue weighted by molar-refractivity contribution is 9.10. The average Bonchev–Trinajstić information content (AvgIpc) is 2.48. The first kappa shape index (κ1) is 14.3. The summed E-state index contributed by atoms with van der Waals surface area (Å²) in [5, 5.41) is 0. The largest absolute Gasteiger partial charge is 0.308 e. The molecule has 2 aromatic rings. The number of hydrogen-bond acceptors (Lipinski definition) is 1. The molecule has 0 fully saturated rings. The van der Waals surface area contributed by atoms with Crippen LogP contribution in [0.2, 0.25) is 0 Å². The van der Waals surface area contributed by atoms with Crippen LogP contribution in [-0.2, 0) is 6.42 Å². The molecule has 3 heteroatoms. The van der Waals surface area contributed by atoms with Crippen LogP contribution < -0.4 is 4.90 Å². The number of anilines is 1. The third-order valence-corrected chi connectivity index (χ3v) is 5.07. The van der Waals surface area contributed by atoms with Crippen LogP contribution in [-0.4, -0.2) is 12.5 Å². The lowest BCUT2D eigenvalue weighted by molar-refractivity contribution is 0.0984. The van der Waals surface area contributed by atoms with Crippen LogP contribution in [0.1, 0.15) is 33.5 Å². The van der Waals surface area contributed by atoms with Crippen LogP contribution in [0.25, 0.3) is 0 Å². The standard InChI is InChI=1S/C18H18BrNO/c1-12-8-9-16-14(11-12)6-4-10-20(16)18(21)15-7-3-5-13(2)17(15)19/h3,5,7-9,11H,4,6,10H2,1-2H3. The number of benzene rings is 2. The Hall–Kier alpha value is -1.61. The summed E-state index contributed by atoms with van der Waals surface area (Å²) >= 11 is 3.55. The lowest BCUT2D eigenvalue weighted by Crippen LogP contribution is -2.35. The second kappa shape index (κ2) is 5.64. The summed E-state index contributed by atoms with van der Waals surface area (Å²) in [5.41, 5.74) is 5.41. The van der Waals surface area contributed by atoms with Crippen molar-refractivity contribution in [3.63, 3.8) is 0 Å². The van der Waals surface area contributed by atoms with Crippen molar-refractivity contribution in [1.29, 1.82) is 0 Å². The van der Waals surface area contributed by atoms with Gasteiger partial charge in [0.2, 0.25) is 0 Å². The fourth-order valence-electron chi connectivity index (χ4n) is 2.89. The third kappa shape index (κ3) is 2.62. The Bertz CT molecular complexity index is 708. The van der Waals surface area contributed by atoms with E-state index < -0.39 is 0 Å². The van der Waals surface area contributed by atoms with E-state index >= 15 is 0 Å². The predicted molar refractivity (Wildman–Crippen MR) is 90.1 cm³/mol. The van der Waals surface area contributed by atoms with Crippen LogP contribution in [0.5, 0.6) is 0 Å². The maximum atomic E-state index is 12.9. The van der Waals surface area contributed by atoms with E-state index in [1.165, 1.54) is 11.1 Å². The molecule has 1 heterocycles. The smallest absolute Gasteiger partial charge is 0.259 e. The summed E-state index contributed by atoms with van der Waals surface area (Å²) in [6.07, 6.45) is 2.07. The van der Waals surface area contributed by atoms with Crippen molar-refractivity contribution in [2.45, 2.75) is 26.7 Å². The maximum Gasteiger partial charge on any atom is 0.259 e. The van der Waals surface area contributed by atoms with Gasteiger partial charge < -0.3 is 4.90 Å². The molecule has 21 heavy (non-hydrogen) atoms. The normalized spacial score (nSPS) is 14.0. The van der Waals surface area contributed by atoms with E-state index in [0.717, 1.165) is 40.7 Å². The second-order valence-corrected chi connectivity index (χ2v) is 6.42. The van der Waals surface area contributed by atoms with Crippen LogP contribution in [0.3, 0.4) is 0 Å². The highest BCUT2D eigenvalue weighted by Gasteiger charge is 2.25. The molecule has 1 aliphatic rings. The van der Waals surface area contributed by atoms with Crippen LogP contribution in [0.15, 0.2) is 40.9 Å². The maximum absolute atomic E-state index is 12.9. The molecule has 0 bridgehead atoms. The van der Waals surface area contributed by atoms with Crippen LogP contribution >= 0.6 is 15.9 Å². The van der Waals surface area contributed by atoms with Crippen LogP contribution in [0, 0.1) is 13.8 Å². The topological polar surface area (TPSA) is 20.3 Å². The monoisotopic (exact) mass is 343 g/mol. The number of carbonyl (C=O) groups is 1. The molecule has 0 N–H and O–H groups in total. The molecule has 2 aromatic carbocycles. The molecule has 0 spiro atoms. The summed E-state index contributed by atoms with van der Waals surface area (Å²) in [5.74, 6) is 0.0791. The van der Waals surface area contributed by atoms with Crippen molar-refractivity contribution in [1.82, 2.24) is 0 Å². The number of nitrogens with zero attached hydrogens (tertiary/aromatic N) is 1. The number of rotatable bonds is 1. The Balaban J connectivity index is 2.02. The van der Waals surface area contributed by atoms with Crippen LogP contribution in [0.4, 0.5) is 5.69 Å².